The first-order valence-corrected chi connectivity index (χ1v) is 18.4. The van der Waals surface area contributed by atoms with Crippen LogP contribution in [0, 0.1) is 0 Å². The highest BCUT2D eigenvalue weighted by Crippen LogP contribution is 2.42. The average molecular weight is 689 g/mol. The van der Waals surface area contributed by atoms with Crippen LogP contribution in [-0.2, 0) is 0 Å². The lowest BCUT2D eigenvalue weighted by atomic mass is 9.88. The molecule has 4 heteroatoms. The van der Waals surface area contributed by atoms with Gasteiger partial charge in [-0.15, -0.1) is 0 Å². The first-order chi connectivity index (χ1) is 26.8. The lowest BCUT2D eigenvalue weighted by molar-refractivity contribution is 0.996. The SMILES string of the molecule is C1=CCNC(c2cc(-c3ccc4c5ccc(-c6c7ccccc7nc7c6ccc6cccnc67)cc5c5ccccc5c4c3)cc(-c3ccccn3)c2)=C1. The summed E-state index contributed by atoms with van der Waals surface area (Å²) in [5.74, 6) is 0. The molecular weight excluding hydrogens is 657 g/mol. The molecule has 0 spiro atoms. The van der Waals surface area contributed by atoms with Gasteiger partial charge in [0.2, 0.25) is 0 Å². The van der Waals surface area contributed by atoms with E-state index in [0.29, 0.717) is 0 Å². The summed E-state index contributed by atoms with van der Waals surface area (Å²) in [6.07, 6.45) is 10.1. The summed E-state index contributed by atoms with van der Waals surface area (Å²) in [5.41, 5.74) is 11.8. The molecule has 1 aliphatic heterocycles. The number of nitrogens with zero attached hydrogens (tertiary/aromatic N) is 3. The quantitative estimate of drug-likeness (QED) is 0.148. The molecule has 0 unspecified atom stereocenters. The zero-order valence-corrected chi connectivity index (χ0v) is 29.3. The molecule has 1 aliphatic rings. The first-order valence-electron chi connectivity index (χ1n) is 18.4. The summed E-state index contributed by atoms with van der Waals surface area (Å²) in [5, 5.41) is 14.3. The van der Waals surface area contributed by atoms with Crippen molar-refractivity contribution in [3.05, 3.63) is 182 Å². The van der Waals surface area contributed by atoms with Gasteiger partial charge >= 0.3 is 0 Å². The molecule has 0 atom stereocenters. The molecule has 0 bridgehead atoms. The molecular formula is C50H32N4. The van der Waals surface area contributed by atoms with E-state index < -0.39 is 0 Å². The maximum Gasteiger partial charge on any atom is 0.0978 e. The predicted molar refractivity (Wildman–Crippen MR) is 226 cm³/mol. The minimum atomic E-state index is 0.813. The summed E-state index contributed by atoms with van der Waals surface area (Å²) in [6.45, 7) is 0.813. The third-order valence-corrected chi connectivity index (χ3v) is 10.9. The van der Waals surface area contributed by atoms with Gasteiger partial charge in [0.1, 0.15) is 0 Å². The zero-order chi connectivity index (χ0) is 35.6. The summed E-state index contributed by atoms with van der Waals surface area (Å²) >= 11 is 0. The van der Waals surface area contributed by atoms with Crippen LogP contribution in [0.3, 0.4) is 0 Å². The fourth-order valence-electron chi connectivity index (χ4n) is 8.39. The van der Waals surface area contributed by atoms with Gasteiger partial charge < -0.3 is 5.32 Å². The van der Waals surface area contributed by atoms with E-state index in [4.69, 9.17) is 15.0 Å². The predicted octanol–water partition coefficient (Wildman–Crippen LogP) is 12.3. The molecule has 11 rings (SSSR count). The molecule has 0 radical (unpaired) electrons. The van der Waals surface area contributed by atoms with Gasteiger partial charge in [0.05, 0.1) is 22.2 Å². The molecule has 252 valence electrons. The number of hydrogen-bond donors (Lipinski definition) is 1. The van der Waals surface area contributed by atoms with E-state index in [-0.39, 0.29) is 0 Å². The van der Waals surface area contributed by atoms with Crippen molar-refractivity contribution in [1.29, 1.82) is 0 Å². The Morgan fingerprint density at radius 2 is 1.13 bits per heavy atom. The molecule has 4 nitrogen and oxygen atoms in total. The number of allylic oxidation sites excluding steroid dienone is 2. The van der Waals surface area contributed by atoms with E-state index in [1.54, 1.807) is 0 Å². The average Bonchev–Trinajstić information content (AvgIpc) is 3.25. The van der Waals surface area contributed by atoms with Crippen molar-refractivity contribution in [1.82, 2.24) is 20.3 Å². The molecule has 10 aromatic rings. The van der Waals surface area contributed by atoms with Gasteiger partial charge in [0.15, 0.2) is 0 Å². The Bertz CT molecular complexity index is 3190. The second kappa shape index (κ2) is 12.2. The van der Waals surface area contributed by atoms with Crippen LogP contribution >= 0.6 is 0 Å². The minimum absolute atomic E-state index is 0.813. The number of para-hydroxylation sites is 1. The van der Waals surface area contributed by atoms with Crippen LogP contribution in [0.15, 0.2) is 176 Å². The van der Waals surface area contributed by atoms with Gasteiger partial charge in [0, 0.05) is 51.9 Å². The number of rotatable bonds is 4. The maximum absolute atomic E-state index is 5.16. The van der Waals surface area contributed by atoms with E-state index in [1.165, 1.54) is 49.0 Å². The standard InChI is InChI=1S/C50H32N4/c1-2-12-38-37(11-1)43-29-32(34-26-35(45-14-5-7-23-51-45)28-36(27-34)46-15-6-8-24-52-46)18-20-39(43)40-21-19-33(30-44(38)40)48-41-13-3-4-16-47(41)54-50-42(48)22-17-31-10-9-25-53-49(31)50/h1-23,25-30,52H,24H2. The second-order valence-electron chi connectivity index (χ2n) is 14.0. The van der Waals surface area contributed by atoms with Gasteiger partial charge in [0.25, 0.3) is 0 Å². The minimum Gasteiger partial charge on any atom is -0.381 e. The number of dihydropyridines is 1. The summed E-state index contributed by atoms with van der Waals surface area (Å²) < 4.78 is 0. The normalized spacial score (nSPS) is 12.9. The van der Waals surface area contributed by atoms with Crippen LogP contribution in [-0.4, -0.2) is 21.5 Å². The van der Waals surface area contributed by atoms with Crippen molar-refractivity contribution >= 4 is 70.7 Å². The van der Waals surface area contributed by atoms with Crippen molar-refractivity contribution in [2.24, 2.45) is 0 Å². The van der Waals surface area contributed by atoms with Crippen LogP contribution in [0.25, 0.3) is 104 Å². The Labute approximate surface area is 311 Å². The summed E-state index contributed by atoms with van der Waals surface area (Å²) in [6, 6.07) is 52.6. The van der Waals surface area contributed by atoms with E-state index in [2.05, 4.69) is 151 Å². The number of pyridine rings is 3. The molecule has 0 fully saturated rings. The lowest BCUT2D eigenvalue weighted by Crippen LogP contribution is -2.14. The van der Waals surface area contributed by atoms with Crippen LogP contribution < -0.4 is 5.32 Å². The fourth-order valence-corrected chi connectivity index (χ4v) is 8.39. The van der Waals surface area contributed by atoms with Crippen LogP contribution in [0.5, 0.6) is 0 Å². The van der Waals surface area contributed by atoms with Crippen molar-refractivity contribution in [3.8, 4) is 33.5 Å². The number of nitrogens with one attached hydrogen (secondary N) is 1. The number of hydrogen-bond acceptors (Lipinski definition) is 4. The number of benzene rings is 7. The Hall–Kier alpha value is -7.17. The van der Waals surface area contributed by atoms with E-state index in [1.807, 2.05) is 30.6 Å². The molecule has 0 saturated carbocycles. The van der Waals surface area contributed by atoms with Gasteiger partial charge in [-0.3, -0.25) is 9.97 Å². The van der Waals surface area contributed by atoms with E-state index >= 15 is 0 Å². The Balaban J connectivity index is 1.13. The van der Waals surface area contributed by atoms with Crippen molar-refractivity contribution < 1.29 is 0 Å². The molecule has 7 aromatic carbocycles. The molecule has 0 saturated heterocycles. The maximum atomic E-state index is 5.16. The highest BCUT2D eigenvalue weighted by molar-refractivity contribution is 6.27. The summed E-state index contributed by atoms with van der Waals surface area (Å²) in [7, 11) is 0. The fraction of sp³-hybridized carbons (Fsp3) is 0.0200. The molecule has 0 amide bonds. The molecule has 0 aliphatic carbocycles. The summed E-state index contributed by atoms with van der Waals surface area (Å²) in [4.78, 5) is 14.6. The van der Waals surface area contributed by atoms with E-state index in [0.717, 1.165) is 67.3 Å². The van der Waals surface area contributed by atoms with E-state index in [9.17, 15) is 0 Å². The second-order valence-corrected chi connectivity index (χ2v) is 14.0. The number of fused-ring (bicyclic) bond motifs is 10. The zero-order valence-electron chi connectivity index (χ0n) is 29.3. The first kappa shape index (κ1) is 30.5. The molecule has 54 heavy (non-hydrogen) atoms. The molecule has 4 heterocycles. The van der Waals surface area contributed by atoms with Crippen LogP contribution in [0.1, 0.15) is 5.56 Å². The third-order valence-electron chi connectivity index (χ3n) is 10.9. The van der Waals surface area contributed by atoms with Crippen LogP contribution in [0.2, 0.25) is 0 Å². The largest absolute Gasteiger partial charge is 0.381 e. The van der Waals surface area contributed by atoms with Gasteiger partial charge in [-0.2, -0.15) is 0 Å². The smallest absolute Gasteiger partial charge is 0.0978 e. The Kier molecular flexibility index (Phi) is 6.89. The highest BCUT2D eigenvalue weighted by Gasteiger charge is 2.17. The Morgan fingerprint density at radius 3 is 1.93 bits per heavy atom. The highest BCUT2D eigenvalue weighted by atomic mass is 14.9. The number of aromatic nitrogens is 3. The van der Waals surface area contributed by atoms with Gasteiger partial charge in [-0.1, -0.05) is 103 Å². The van der Waals surface area contributed by atoms with Crippen molar-refractivity contribution in [2.75, 3.05) is 6.54 Å². The van der Waals surface area contributed by atoms with Crippen LogP contribution in [0.4, 0.5) is 0 Å². The van der Waals surface area contributed by atoms with Crippen molar-refractivity contribution in [2.45, 2.75) is 0 Å². The molecule has 3 aromatic heterocycles. The van der Waals surface area contributed by atoms with Crippen molar-refractivity contribution in [3.63, 3.8) is 0 Å². The molecule has 1 N–H and O–H groups in total. The third kappa shape index (κ3) is 4.88. The lowest BCUT2D eigenvalue weighted by Gasteiger charge is -2.17. The van der Waals surface area contributed by atoms with Gasteiger partial charge in [-0.05, 0) is 115 Å². The van der Waals surface area contributed by atoms with Gasteiger partial charge in [-0.25, -0.2) is 4.98 Å². The Morgan fingerprint density at radius 1 is 0.444 bits per heavy atom. The monoisotopic (exact) mass is 688 g/mol. The topological polar surface area (TPSA) is 50.7 Å².